The third-order valence-corrected chi connectivity index (χ3v) is 11.2. The quantitative estimate of drug-likeness (QED) is 0.163. The first-order chi connectivity index (χ1) is 29.2. The van der Waals surface area contributed by atoms with Crippen molar-refractivity contribution in [3.63, 3.8) is 0 Å². The highest BCUT2D eigenvalue weighted by molar-refractivity contribution is 6.15. The molecule has 0 saturated heterocycles. The molecule has 276 valence electrons. The molecule has 2 heterocycles. The van der Waals surface area contributed by atoms with Crippen molar-refractivity contribution in [2.45, 2.75) is 0 Å². The van der Waals surface area contributed by atoms with Crippen LogP contribution in [0.3, 0.4) is 0 Å². The average molecular weight is 754 g/mol. The van der Waals surface area contributed by atoms with E-state index in [1.54, 1.807) is 0 Å². The molecule has 0 aliphatic heterocycles. The number of fused-ring (bicyclic) bond motifs is 4. The minimum absolute atomic E-state index is 0.583. The van der Waals surface area contributed by atoms with Gasteiger partial charge in [0.2, 0.25) is 0 Å². The van der Waals surface area contributed by atoms with Crippen LogP contribution in [0.25, 0.3) is 111 Å². The van der Waals surface area contributed by atoms with Crippen LogP contribution in [0, 0.1) is 0 Å². The topological polar surface area (TPSA) is 51.8 Å². The van der Waals surface area contributed by atoms with E-state index < -0.39 is 0 Å². The lowest BCUT2D eigenvalue weighted by Gasteiger charge is -2.13. The summed E-state index contributed by atoms with van der Waals surface area (Å²) in [4.78, 5) is 15.8. The minimum atomic E-state index is 0.583. The highest BCUT2D eigenvalue weighted by Gasteiger charge is 2.21. The van der Waals surface area contributed by atoms with E-state index >= 15 is 0 Å². The Balaban J connectivity index is 1.09. The van der Waals surface area contributed by atoms with E-state index in [1.165, 1.54) is 11.1 Å². The molecule has 0 atom stereocenters. The van der Waals surface area contributed by atoms with E-state index in [1.807, 2.05) is 30.3 Å². The number of benzene rings is 9. The van der Waals surface area contributed by atoms with Gasteiger partial charge in [-0.1, -0.05) is 200 Å². The minimum Gasteiger partial charge on any atom is -0.455 e. The van der Waals surface area contributed by atoms with Crippen molar-refractivity contribution in [3.8, 4) is 78.7 Å². The molecular weight excluding hydrogens is 719 g/mol. The molecule has 59 heavy (non-hydrogen) atoms. The molecule has 9 aromatic carbocycles. The van der Waals surface area contributed by atoms with Crippen LogP contribution in [-0.4, -0.2) is 15.0 Å². The van der Waals surface area contributed by atoms with Gasteiger partial charge in [-0.2, -0.15) is 0 Å². The van der Waals surface area contributed by atoms with Crippen LogP contribution in [-0.2, 0) is 0 Å². The Morgan fingerprint density at radius 2 is 0.678 bits per heavy atom. The number of para-hydroxylation sites is 1. The summed E-state index contributed by atoms with van der Waals surface area (Å²) >= 11 is 0. The van der Waals surface area contributed by atoms with Gasteiger partial charge < -0.3 is 4.42 Å². The lowest BCUT2D eigenvalue weighted by Crippen LogP contribution is -2.01. The van der Waals surface area contributed by atoms with Gasteiger partial charge in [-0.05, 0) is 61.8 Å². The Morgan fingerprint density at radius 3 is 1.32 bits per heavy atom. The second-order valence-corrected chi connectivity index (χ2v) is 14.7. The average Bonchev–Trinajstić information content (AvgIpc) is 3.71. The van der Waals surface area contributed by atoms with Gasteiger partial charge in [0.1, 0.15) is 11.2 Å². The maximum absolute atomic E-state index is 6.74. The third kappa shape index (κ3) is 6.24. The molecule has 0 spiro atoms. The van der Waals surface area contributed by atoms with E-state index in [0.29, 0.717) is 17.5 Å². The number of nitrogens with zero attached hydrogens (tertiary/aromatic N) is 3. The monoisotopic (exact) mass is 753 g/mol. The van der Waals surface area contributed by atoms with E-state index in [2.05, 4.69) is 182 Å². The molecule has 0 aliphatic rings. The zero-order valence-electron chi connectivity index (χ0n) is 32.0. The summed E-state index contributed by atoms with van der Waals surface area (Å²) < 4.78 is 6.74. The zero-order chi connectivity index (χ0) is 39.1. The molecule has 11 rings (SSSR count). The molecule has 11 aromatic rings. The first kappa shape index (κ1) is 34.3. The van der Waals surface area contributed by atoms with Crippen molar-refractivity contribution in [3.05, 3.63) is 212 Å². The zero-order valence-corrected chi connectivity index (χ0v) is 32.0. The van der Waals surface area contributed by atoms with Crippen LogP contribution in [0.1, 0.15) is 0 Å². The van der Waals surface area contributed by atoms with E-state index in [0.717, 1.165) is 82.8 Å². The molecule has 0 amide bonds. The Bertz CT molecular complexity index is 3280. The fourth-order valence-corrected chi connectivity index (χ4v) is 8.29. The van der Waals surface area contributed by atoms with Gasteiger partial charge >= 0.3 is 0 Å². The molecule has 0 unspecified atom stereocenters. The van der Waals surface area contributed by atoms with Crippen molar-refractivity contribution in [2.75, 3.05) is 0 Å². The van der Waals surface area contributed by atoms with Crippen molar-refractivity contribution in [2.24, 2.45) is 0 Å². The number of aromatic nitrogens is 3. The molecule has 0 saturated carbocycles. The van der Waals surface area contributed by atoms with Gasteiger partial charge in [0, 0.05) is 33.0 Å². The van der Waals surface area contributed by atoms with Gasteiger partial charge in [-0.15, -0.1) is 0 Å². The summed E-state index contributed by atoms with van der Waals surface area (Å²) in [5, 5.41) is 4.19. The molecule has 0 fully saturated rings. The molecule has 0 bridgehead atoms. The molecule has 0 radical (unpaired) electrons. The second-order valence-electron chi connectivity index (χ2n) is 14.7. The standard InChI is InChI=1S/C55H35N3O/c1-4-14-36(15-5-1)38-26-30-41(31-27-38)44-22-12-23-48-51-49(24-13-25-50(51)59-52(44)48)55-57-53(42-32-28-39(29-33-42)37-16-6-2-7-17-37)56-54(58-55)47-35-34-43(40-18-8-3-9-19-40)45-20-10-11-21-46(45)47/h1-35H. The molecule has 0 N–H and O–H groups in total. The Hall–Kier alpha value is -7.95. The fraction of sp³-hybridized carbons (Fsp3) is 0. The normalized spacial score (nSPS) is 11.4. The summed E-state index contributed by atoms with van der Waals surface area (Å²) in [6, 6.07) is 73.9. The van der Waals surface area contributed by atoms with Gasteiger partial charge in [-0.25, -0.2) is 15.0 Å². The van der Waals surface area contributed by atoms with Gasteiger partial charge in [0.05, 0.1) is 0 Å². The van der Waals surface area contributed by atoms with Crippen molar-refractivity contribution < 1.29 is 4.42 Å². The first-order valence-electron chi connectivity index (χ1n) is 19.9. The second kappa shape index (κ2) is 14.5. The van der Waals surface area contributed by atoms with Gasteiger partial charge in [-0.3, -0.25) is 0 Å². The van der Waals surface area contributed by atoms with Gasteiger partial charge in [0.25, 0.3) is 0 Å². The maximum Gasteiger partial charge on any atom is 0.164 e. The molecular formula is C55H35N3O. The van der Waals surface area contributed by atoms with Crippen LogP contribution < -0.4 is 0 Å². The molecule has 4 nitrogen and oxygen atoms in total. The summed E-state index contributed by atoms with van der Waals surface area (Å²) in [7, 11) is 0. The van der Waals surface area contributed by atoms with Crippen LogP contribution in [0.5, 0.6) is 0 Å². The number of rotatable bonds is 7. The smallest absolute Gasteiger partial charge is 0.164 e. The predicted molar refractivity (Wildman–Crippen MR) is 243 cm³/mol. The third-order valence-electron chi connectivity index (χ3n) is 11.2. The van der Waals surface area contributed by atoms with Gasteiger partial charge in [0.15, 0.2) is 17.5 Å². The first-order valence-corrected chi connectivity index (χ1v) is 19.9. The van der Waals surface area contributed by atoms with E-state index in [4.69, 9.17) is 19.4 Å². The summed E-state index contributed by atoms with van der Waals surface area (Å²) in [6.45, 7) is 0. The summed E-state index contributed by atoms with van der Waals surface area (Å²) in [5.41, 5.74) is 13.4. The Morgan fingerprint density at radius 1 is 0.254 bits per heavy atom. The number of hydrogen-bond donors (Lipinski definition) is 0. The predicted octanol–water partition coefficient (Wildman–Crippen LogP) is 14.6. The van der Waals surface area contributed by atoms with Crippen LogP contribution in [0.4, 0.5) is 0 Å². The maximum atomic E-state index is 6.74. The Kier molecular flexibility index (Phi) is 8.45. The summed E-state index contributed by atoms with van der Waals surface area (Å²) in [5.74, 6) is 1.79. The molecule has 2 aromatic heterocycles. The van der Waals surface area contributed by atoms with Crippen LogP contribution >= 0.6 is 0 Å². The van der Waals surface area contributed by atoms with E-state index in [-0.39, 0.29) is 0 Å². The van der Waals surface area contributed by atoms with Crippen LogP contribution in [0.2, 0.25) is 0 Å². The SMILES string of the molecule is c1ccc(-c2ccc(-c3nc(-c4ccc(-c5ccccc5)c5ccccc45)nc(-c4cccc5oc6c(-c7ccc(-c8ccccc8)cc7)cccc6c45)n3)cc2)cc1. The van der Waals surface area contributed by atoms with Crippen molar-refractivity contribution in [1.29, 1.82) is 0 Å². The fourth-order valence-electron chi connectivity index (χ4n) is 8.29. The van der Waals surface area contributed by atoms with Crippen LogP contribution in [0.15, 0.2) is 217 Å². The van der Waals surface area contributed by atoms with Crippen molar-refractivity contribution >= 4 is 32.7 Å². The highest BCUT2D eigenvalue weighted by atomic mass is 16.3. The Labute approximate surface area is 341 Å². The number of hydrogen-bond acceptors (Lipinski definition) is 4. The van der Waals surface area contributed by atoms with Crippen molar-refractivity contribution in [1.82, 2.24) is 15.0 Å². The lowest BCUT2D eigenvalue weighted by molar-refractivity contribution is 0.670. The summed E-state index contributed by atoms with van der Waals surface area (Å²) in [6.07, 6.45) is 0. The lowest BCUT2D eigenvalue weighted by atomic mass is 9.94. The molecule has 4 heteroatoms. The highest BCUT2D eigenvalue weighted by Crippen LogP contribution is 2.42. The molecule has 0 aliphatic carbocycles. The van der Waals surface area contributed by atoms with E-state index in [9.17, 15) is 0 Å². The number of furan rings is 1. The largest absolute Gasteiger partial charge is 0.455 e.